The van der Waals surface area contributed by atoms with E-state index in [2.05, 4.69) is 35.2 Å². The largest absolute Gasteiger partial charge is 0.370 e. The van der Waals surface area contributed by atoms with Crippen molar-refractivity contribution in [1.82, 2.24) is 15.0 Å². The van der Waals surface area contributed by atoms with Gasteiger partial charge in [-0.3, -0.25) is 4.79 Å². The summed E-state index contributed by atoms with van der Waals surface area (Å²) < 4.78 is 6.88. The third-order valence-corrected chi connectivity index (χ3v) is 7.90. The first-order valence-electron chi connectivity index (χ1n) is 9.87. The van der Waals surface area contributed by atoms with Crippen LogP contribution >= 0.6 is 46.3 Å². The van der Waals surface area contributed by atoms with Gasteiger partial charge in [-0.2, -0.15) is 0 Å². The molecule has 1 amide bonds. The summed E-state index contributed by atoms with van der Waals surface area (Å²) in [5.74, 6) is 0.00529. The van der Waals surface area contributed by atoms with E-state index in [9.17, 15) is 4.79 Å². The molecule has 0 fully saturated rings. The van der Waals surface area contributed by atoms with Gasteiger partial charge in [0.15, 0.2) is 0 Å². The Hall–Kier alpha value is -1.97. The van der Waals surface area contributed by atoms with Gasteiger partial charge in [-0.05, 0) is 38.1 Å². The summed E-state index contributed by atoms with van der Waals surface area (Å²) in [5, 5.41) is 5.47. The van der Waals surface area contributed by atoms with Crippen molar-refractivity contribution in [1.29, 1.82) is 0 Å². The molecular formula is C22H18Cl2N4O2S2. The Labute approximate surface area is 202 Å². The molecule has 164 valence electrons. The van der Waals surface area contributed by atoms with Crippen molar-refractivity contribution in [2.24, 2.45) is 0 Å². The molecule has 0 atom stereocenters. The van der Waals surface area contributed by atoms with Crippen LogP contribution < -0.4 is 5.32 Å². The van der Waals surface area contributed by atoms with E-state index in [1.165, 1.54) is 18.1 Å². The van der Waals surface area contributed by atoms with E-state index in [0.717, 1.165) is 43.1 Å². The number of fused-ring (bicyclic) bond motifs is 4. The van der Waals surface area contributed by atoms with Crippen LogP contribution in [0.25, 0.3) is 20.4 Å². The normalized spacial score (nSPS) is 15.1. The number of carbonyl (C=O) groups is 1. The zero-order valence-electron chi connectivity index (χ0n) is 17.2. The standard InChI is InChI=1S/C22H18Cl2N4O2S2/c1-22(2)7-16-11(8-30-22)5-13-18-19(32-20(13)28-16)21(26-10-25-18)31-9-17(29)27-15-4-3-12(23)6-14(15)24/h3-6,10H,7-9H2,1-2H3,(H,27,29). The number of nitrogens with zero attached hydrogens (tertiary/aromatic N) is 3. The van der Waals surface area contributed by atoms with Crippen molar-refractivity contribution in [2.45, 2.75) is 37.5 Å². The van der Waals surface area contributed by atoms with Crippen molar-refractivity contribution in [3.63, 3.8) is 0 Å². The van der Waals surface area contributed by atoms with E-state index in [4.69, 9.17) is 32.9 Å². The lowest BCUT2D eigenvalue weighted by Gasteiger charge is -2.30. The number of thioether (sulfide) groups is 1. The molecule has 0 saturated carbocycles. The molecule has 0 spiro atoms. The number of thiophene rings is 1. The second-order valence-electron chi connectivity index (χ2n) is 8.09. The van der Waals surface area contributed by atoms with E-state index < -0.39 is 0 Å². The molecule has 0 radical (unpaired) electrons. The topological polar surface area (TPSA) is 77.0 Å². The monoisotopic (exact) mass is 504 g/mol. The van der Waals surface area contributed by atoms with Crippen LogP contribution in [0.1, 0.15) is 25.1 Å². The minimum absolute atomic E-state index is 0.180. The van der Waals surface area contributed by atoms with Gasteiger partial charge in [0.25, 0.3) is 0 Å². The lowest BCUT2D eigenvalue weighted by Crippen LogP contribution is -2.32. The second kappa shape index (κ2) is 8.43. The van der Waals surface area contributed by atoms with Gasteiger partial charge in [-0.25, -0.2) is 15.0 Å². The van der Waals surface area contributed by atoms with Crippen molar-refractivity contribution in [3.8, 4) is 0 Å². The maximum atomic E-state index is 12.5. The maximum absolute atomic E-state index is 12.5. The van der Waals surface area contributed by atoms with Crippen LogP contribution in [-0.2, 0) is 22.6 Å². The molecule has 0 unspecified atom stereocenters. The predicted molar refractivity (Wildman–Crippen MR) is 131 cm³/mol. The van der Waals surface area contributed by atoms with E-state index in [0.29, 0.717) is 22.3 Å². The summed E-state index contributed by atoms with van der Waals surface area (Å²) in [6.45, 7) is 4.70. The van der Waals surface area contributed by atoms with E-state index >= 15 is 0 Å². The van der Waals surface area contributed by atoms with E-state index in [1.54, 1.807) is 29.5 Å². The molecular weight excluding hydrogens is 487 g/mol. The first kappa shape index (κ1) is 21.9. The lowest BCUT2D eigenvalue weighted by molar-refractivity contribution is -0.113. The highest BCUT2D eigenvalue weighted by Crippen LogP contribution is 2.39. The quantitative estimate of drug-likeness (QED) is 0.266. The van der Waals surface area contributed by atoms with Crippen LogP contribution in [0.4, 0.5) is 5.69 Å². The molecule has 10 heteroatoms. The van der Waals surface area contributed by atoms with Crippen molar-refractivity contribution >= 4 is 78.3 Å². The van der Waals surface area contributed by atoms with E-state index in [-0.39, 0.29) is 17.3 Å². The molecule has 6 nitrogen and oxygen atoms in total. The van der Waals surface area contributed by atoms with Crippen LogP contribution in [-0.4, -0.2) is 32.2 Å². The number of pyridine rings is 1. The average Bonchev–Trinajstić information content (AvgIpc) is 3.10. The van der Waals surface area contributed by atoms with Gasteiger partial charge in [0.2, 0.25) is 5.91 Å². The average molecular weight is 505 g/mol. The predicted octanol–water partition coefficient (Wildman–Crippen LogP) is 6.13. The van der Waals surface area contributed by atoms with Crippen LogP contribution in [0, 0.1) is 0 Å². The van der Waals surface area contributed by atoms with Gasteiger partial charge < -0.3 is 10.1 Å². The Kier molecular flexibility index (Phi) is 5.75. The Morgan fingerprint density at radius 2 is 2.12 bits per heavy atom. The number of ether oxygens (including phenoxy) is 1. The molecule has 5 rings (SSSR count). The van der Waals surface area contributed by atoms with Crippen LogP contribution in [0.15, 0.2) is 35.6 Å². The number of amides is 1. The Bertz CT molecular complexity index is 1370. The zero-order valence-corrected chi connectivity index (χ0v) is 20.4. The molecule has 1 aliphatic rings. The minimum Gasteiger partial charge on any atom is -0.370 e. The van der Waals surface area contributed by atoms with Crippen molar-refractivity contribution in [3.05, 3.63) is 51.9 Å². The molecule has 1 aliphatic heterocycles. The summed E-state index contributed by atoms with van der Waals surface area (Å²) in [6.07, 6.45) is 2.30. The first-order valence-corrected chi connectivity index (χ1v) is 12.4. The minimum atomic E-state index is -0.217. The molecule has 0 saturated heterocycles. The first-order chi connectivity index (χ1) is 15.3. The highest BCUT2D eigenvalue weighted by molar-refractivity contribution is 8.00. The van der Waals surface area contributed by atoms with Crippen molar-refractivity contribution < 1.29 is 9.53 Å². The SMILES string of the molecule is CC1(C)Cc2nc3sc4c(SCC(=O)Nc5ccc(Cl)cc5Cl)ncnc4c3cc2CO1. The van der Waals surface area contributed by atoms with Crippen LogP contribution in [0.3, 0.4) is 0 Å². The third-order valence-electron chi connectivity index (χ3n) is 5.14. The number of halogens is 2. The molecule has 0 bridgehead atoms. The summed E-state index contributed by atoms with van der Waals surface area (Å²) in [6, 6.07) is 7.08. The second-order valence-corrected chi connectivity index (χ2v) is 10.9. The third kappa shape index (κ3) is 4.30. The molecule has 1 N–H and O–H groups in total. The number of anilines is 1. The fraction of sp³-hybridized carbons (Fsp3) is 0.273. The van der Waals surface area contributed by atoms with Gasteiger partial charge in [0.05, 0.1) is 44.6 Å². The summed E-state index contributed by atoms with van der Waals surface area (Å²) in [5.41, 5.74) is 3.33. The number of rotatable bonds is 4. The molecule has 1 aromatic carbocycles. The van der Waals surface area contributed by atoms with Gasteiger partial charge >= 0.3 is 0 Å². The highest BCUT2D eigenvalue weighted by atomic mass is 35.5. The van der Waals surface area contributed by atoms with Gasteiger partial charge in [0, 0.05) is 22.4 Å². The molecule has 0 aliphatic carbocycles. The van der Waals surface area contributed by atoms with Gasteiger partial charge in [-0.1, -0.05) is 35.0 Å². The summed E-state index contributed by atoms with van der Waals surface area (Å²) in [7, 11) is 0. The van der Waals surface area contributed by atoms with Crippen LogP contribution in [0.5, 0.6) is 0 Å². The number of hydrogen-bond donors (Lipinski definition) is 1. The van der Waals surface area contributed by atoms with E-state index in [1.807, 2.05) is 0 Å². The molecule has 4 heterocycles. The zero-order chi connectivity index (χ0) is 22.5. The molecule has 3 aromatic heterocycles. The Morgan fingerprint density at radius 1 is 1.28 bits per heavy atom. The molecule has 32 heavy (non-hydrogen) atoms. The Morgan fingerprint density at radius 3 is 2.94 bits per heavy atom. The highest BCUT2D eigenvalue weighted by Gasteiger charge is 2.28. The number of carbonyl (C=O) groups excluding carboxylic acids is 1. The molecule has 4 aromatic rings. The number of benzene rings is 1. The maximum Gasteiger partial charge on any atom is 0.234 e. The Balaban J connectivity index is 1.40. The van der Waals surface area contributed by atoms with Crippen molar-refractivity contribution in [2.75, 3.05) is 11.1 Å². The smallest absolute Gasteiger partial charge is 0.234 e. The number of hydrogen-bond acceptors (Lipinski definition) is 7. The fourth-order valence-corrected chi connectivity index (χ4v) is 6.04. The summed E-state index contributed by atoms with van der Waals surface area (Å²) in [4.78, 5) is 27.2. The lowest BCUT2D eigenvalue weighted by atomic mass is 9.95. The number of aromatic nitrogens is 3. The van der Waals surface area contributed by atoms with Gasteiger partial charge in [-0.15, -0.1) is 11.3 Å². The number of nitrogens with one attached hydrogen (secondary N) is 1. The van der Waals surface area contributed by atoms with Crippen LogP contribution in [0.2, 0.25) is 10.0 Å². The summed E-state index contributed by atoms with van der Waals surface area (Å²) >= 11 is 15.0. The van der Waals surface area contributed by atoms with Gasteiger partial charge in [0.1, 0.15) is 16.2 Å². The fourth-order valence-electron chi connectivity index (χ4n) is 3.58.